The monoisotopic (exact) mass is 604 g/mol. The molecule has 2 aromatic heterocycles. The number of nitrogens with zero attached hydrogens (tertiary/aromatic N) is 8. The van der Waals surface area contributed by atoms with E-state index < -0.39 is 6.16 Å². The highest BCUT2D eigenvalue weighted by Crippen LogP contribution is 2.32. The minimum atomic E-state index is -0.899. The fraction of sp³-hybridized carbons (Fsp3) is 0.345. The zero-order valence-electron chi connectivity index (χ0n) is 24.3. The van der Waals surface area contributed by atoms with Crippen molar-refractivity contribution in [3.05, 3.63) is 71.2 Å². The molecule has 3 heterocycles. The number of tetrazole rings is 1. The molecule has 0 unspecified atom stereocenters. The van der Waals surface area contributed by atoms with Crippen LogP contribution in [0, 0.1) is 13.8 Å². The first kappa shape index (κ1) is 30.6. The van der Waals surface area contributed by atoms with Crippen LogP contribution in [0.2, 0.25) is 0 Å². The first-order valence-corrected chi connectivity index (χ1v) is 14.0. The molecule has 0 bridgehead atoms. The molecule has 15 nitrogen and oxygen atoms in total. The molecule has 0 aliphatic carbocycles. The van der Waals surface area contributed by atoms with Crippen LogP contribution in [0.4, 0.5) is 10.6 Å². The molecule has 4 aromatic rings. The molecule has 0 spiro atoms. The van der Waals surface area contributed by atoms with Crippen molar-refractivity contribution in [2.24, 2.45) is 0 Å². The average molecular weight is 605 g/mol. The molecule has 0 fully saturated rings. The van der Waals surface area contributed by atoms with Crippen LogP contribution in [0.3, 0.4) is 0 Å². The second-order valence-corrected chi connectivity index (χ2v) is 10.0. The number of benzene rings is 2. The Labute approximate surface area is 252 Å². The van der Waals surface area contributed by atoms with Gasteiger partial charge in [-0.3, -0.25) is 24.9 Å². The number of aryl methyl sites for hydroxylation is 2. The standard InChI is InChI=1S/C29H32N8O7/c1-19-23-13-14-26(38)35(28(23)31-20(2)30-19)17-21-9-11-22(12-10-21)24-7-3-4-8-25(24)27-32-34-36(33-27)18-43-29(39)42-15-5-6-16-44-37(40)41/h3-4,7-12,40-41H,5-6,13-18H2,1-2H3. The summed E-state index contributed by atoms with van der Waals surface area (Å²) in [5, 5.41) is 29.0. The van der Waals surface area contributed by atoms with E-state index in [4.69, 9.17) is 19.9 Å². The van der Waals surface area contributed by atoms with Gasteiger partial charge in [0.25, 0.3) is 0 Å². The number of ether oxygens (including phenoxy) is 2. The summed E-state index contributed by atoms with van der Waals surface area (Å²) in [6, 6.07) is 15.6. The Bertz CT molecular complexity index is 1610. The minimum Gasteiger partial charge on any atom is -0.434 e. The van der Waals surface area contributed by atoms with Gasteiger partial charge in [0.1, 0.15) is 11.6 Å². The van der Waals surface area contributed by atoms with Crippen molar-refractivity contribution in [3.63, 3.8) is 0 Å². The lowest BCUT2D eigenvalue weighted by Crippen LogP contribution is -2.36. The van der Waals surface area contributed by atoms with Crippen molar-refractivity contribution in [2.45, 2.75) is 52.8 Å². The van der Waals surface area contributed by atoms with E-state index in [9.17, 15) is 9.59 Å². The van der Waals surface area contributed by atoms with Gasteiger partial charge in [0, 0.05) is 23.2 Å². The Hall–Kier alpha value is -4.83. The van der Waals surface area contributed by atoms with Crippen molar-refractivity contribution in [1.82, 2.24) is 35.6 Å². The first-order chi connectivity index (χ1) is 21.3. The number of unbranched alkanes of at least 4 members (excludes halogenated alkanes) is 1. The molecule has 1 amide bonds. The van der Waals surface area contributed by atoms with E-state index in [2.05, 4.69) is 30.2 Å². The predicted octanol–water partition coefficient (Wildman–Crippen LogP) is 3.80. The van der Waals surface area contributed by atoms with Gasteiger partial charge >= 0.3 is 6.16 Å². The Morgan fingerprint density at radius 1 is 0.955 bits per heavy atom. The number of fused-ring (bicyclic) bond motifs is 1. The molecule has 0 atom stereocenters. The van der Waals surface area contributed by atoms with Crippen LogP contribution in [0.25, 0.3) is 22.5 Å². The normalized spacial score (nSPS) is 12.8. The van der Waals surface area contributed by atoms with Gasteiger partial charge in [0.05, 0.1) is 25.1 Å². The fourth-order valence-electron chi connectivity index (χ4n) is 4.85. The number of amides is 1. The summed E-state index contributed by atoms with van der Waals surface area (Å²) >= 11 is 0. The summed E-state index contributed by atoms with van der Waals surface area (Å²) in [6.45, 7) is 4.02. The van der Waals surface area contributed by atoms with Crippen molar-refractivity contribution in [2.75, 3.05) is 18.1 Å². The van der Waals surface area contributed by atoms with Gasteiger partial charge in [-0.25, -0.2) is 14.8 Å². The van der Waals surface area contributed by atoms with Gasteiger partial charge < -0.3 is 9.47 Å². The summed E-state index contributed by atoms with van der Waals surface area (Å²) in [5.74, 6) is 1.73. The molecule has 15 heteroatoms. The van der Waals surface area contributed by atoms with Crippen LogP contribution in [0.5, 0.6) is 0 Å². The third kappa shape index (κ3) is 7.57. The molecule has 0 saturated carbocycles. The Morgan fingerprint density at radius 2 is 1.70 bits per heavy atom. The molecule has 1 aliphatic rings. The first-order valence-electron chi connectivity index (χ1n) is 14.0. The number of rotatable bonds is 12. The quantitative estimate of drug-likeness (QED) is 0.136. The molecule has 5 rings (SSSR count). The van der Waals surface area contributed by atoms with Crippen LogP contribution in [0.1, 0.15) is 41.9 Å². The van der Waals surface area contributed by atoms with Crippen LogP contribution in [-0.2, 0) is 38.8 Å². The van der Waals surface area contributed by atoms with Crippen LogP contribution >= 0.6 is 0 Å². The molecule has 0 radical (unpaired) electrons. The van der Waals surface area contributed by atoms with Gasteiger partial charge in [0.2, 0.25) is 18.5 Å². The number of anilines is 1. The van der Waals surface area contributed by atoms with E-state index in [0.717, 1.165) is 38.3 Å². The van der Waals surface area contributed by atoms with Crippen molar-refractivity contribution in [1.29, 1.82) is 0 Å². The maximum Gasteiger partial charge on any atom is 0.510 e. The number of hydrogen-bond donors (Lipinski definition) is 2. The second kappa shape index (κ2) is 14.1. The number of carbonyl (C=O) groups is 2. The predicted molar refractivity (Wildman–Crippen MR) is 153 cm³/mol. The zero-order chi connectivity index (χ0) is 31.1. The van der Waals surface area contributed by atoms with E-state index in [-0.39, 0.29) is 31.2 Å². The third-order valence-electron chi connectivity index (χ3n) is 6.94. The molecule has 2 N–H and O–H groups in total. The van der Waals surface area contributed by atoms with Gasteiger partial charge in [-0.2, -0.15) is 0 Å². The lowest BCUT2D eigenvalue weighted by molar-refractivity contribution is -0.492. The third-order valence-corrected chi connectivity index (χ3v) is 6.94. The number of carbonyl (C=O) groups excluding carboxylic acids is 2. The van der Waals surface area contributed by atoms with Gasteiger partial charge in [-0.15, -0.1) is 15.0 Å². The fourth-order valence-corrected chi connectivity index (χ4v) is 4.85. The lowest BCUT2D eigenvalue weighted by Gasteiger charge is -2.29. The van der Waals surface area contributed by atoms with Gasteiger partial charge in [-0.05, 0) is 55.0 Å². The highest BCUT2D eigenvalue weighted by molar-refractivity contribution is 5.95. The van der Waals surface area contributed by atoms with Crippen LogP contribution in [0.15, 0.2) is 48.5 Å². The molecule has 0 saturated heterocycles. The smallest absolute Gasteiger partial charge is 0.434 e. The molecule has 2 aromatic carbocycles. The average Bonchev–Trinajstić information content (AvgIpc) is 3.48. The van der Waals surface area contributed by atoms with Crippen molar-refractivity contribution >= 4 is 17.9 Å². The summed E-state index contributed by atoms with van der Waals surface area (Å²) in [5.41, 5.74) is 5.44. The SMILES string of the molecule is Cc1nc(C)c2c(n1)N(Cc1ccc(-c3ccccc3-c3nnn(COC(=O)OCCCCON(O)O)n3)cc1)C(=O)CC2. The maximum atomic E-state index is 12.8. The van der Waals surface area contributed by atoms with Gasteiger partial charge in [-0.1, -0.05) is 48.5 Å². The topological polar surface area (TPSA) is 178 Å². The Balaban J connectivity index is 1.21. The largest absolute Gasteiger partial charge is 0.510 e. The van der Waals surface area contributed by atoms with Crippen LogP contribution in [-0.4, -0.2) is 71.3 Å². The summed E-state index contributed by atoms with van der Waals surface area (Å²) < 4.78 is 9.99. The minimum absolute atomic E-state index is 0.0419. The second-order valence-electron chi connectivity index (χ2n) is 10.0. The highest BCUT2D eigenvalue weighted by atomic mass is 17.1. The maximum absolute atomic E-state index is 12.8. The Kier molecular flexibility index (Phi) is 9.81. The van der Waals surface area contributed by atoms with E-state index in [0.29, 0.717) is 49.7 Å². The van der Waals surface area contributed by atoms with E-state index in [1.54, 1.807) is 4.90 Å². The number of aromatic nitrogens is 6. The van der Waals surface area contributed by atoms with E-state index in [1.165, 1.54) is 0 Å². The van der Waals surface area contributed by atoms with Crippen molar-refractivity contribution in [3.8, 4) is 22.5 Å². The summed E-state index contributed by atoms with van der Waals surface area (Å²) in [6.07, 6.45) is 1.05. The molecule has 230 valence electrons. The van der Waals surface area contributed by atoms with Crippen molar-refractivity contribution < 1.29 is 34.3 Å². The molecular formula is C29H32N8O7. The molecular weight excluding hydrogens is 572 g/mol. The lowest BCUT2D eigenvalue weighted by atomic mass is 9.98. The molecule has 1 aliphatic heterocycles. The summed E-state index contributed by atoms with van der Waals surface area (Å²) in [4.78, 5) is 41.0. The number of hydrogen-bond acceptors (Lipinski definition) is 13. The Morgan fingerprint density at radius 3 is 2.48 bits per heavy atom. The van der Waals surface area contributed by atoms with E-state index >= 15 is 0 Å². The van der Waals surface area contributed by atoms with Gasteiger partial charge in [0.15, 0.2) is 0 Å². The zero-order valence-corrected chi connectivity index (χ0v) is 24.3. The summed E-state index contributed by atoms with van der Waals surface area (Å²) in [7, 11) is 0. The highest BCUT2D eigenvalue weighted by Gasteiger charge is 2.27. The van der Waals surface area contributed by atoms with Crippen LogP contribution < -0.4 is 4.90 Å². The molecule has 44 heavy (non-hydrogen) atoms. The van der Waals surface area contributed by atoms with E-state index in [1.807, 2.05) is 62.4 Å².